The Morgan fingerprint density at radius 1 is 1.00 bits per heavy atom. The molecule has 0 aromatic carbocycles. The molecule has 1 aliphatic carbocycles. The van der Waals surface area contributed by atoms with Crippen molar-refractivity contribution < 1.29 is 0 Å². The molecule has 98 valence electrons. The number of anilines is 1. The van der Waals surface area contributed by atoms with Crippen molar-refractivity contribution in [2.24, 2.45) is 0 Å². The summed E-state index contributed by atoms with van der Waals surface area (Å²) < 4.78 is 0. The Hall–Kier alpha value is -1.16. The lowest BCUT2D eigenvalue weighted by molar-refractivity contribution is 0.675. The van der Waals surface area contributed by atoms with Gasteiger partial charge in [-0.15, -0.1) is 5.10 Å². The average Bonchev–Trinajstić information content (AvgIpc) is 2.82. The third-order valence-corrected chi connectivity index (χ3v) is 4.11. The van der Waals surface area contributed by atoms with Gasteiger partial charge >= 0.3 is 0 Å². The van der Waals surface area contributed by atoms with Crippen LogP contribution in [0.1, 0.15) is 43.7 Å². The first-order valence-corrected chi connectivity index (χ1v) is 7.23. The fourth-order valence-corrected chi connectivity index (χ4v) is 3.02. The molecule has 2 aliphatic rings. The summed E-state index contributed by atoms with van der Waals surface area (Å²) in [6, 6.07) is 4.35. The monoisotopic (exact) mass is 246 g/mol. The topological polar surface area (TPSA) is 41.0 Å². The molecule has 0 amide bonds. The summed E-state index contributed by atoms with van der Waals surface area (Å²) in [5, 5.41) is 12.3. The van der Waals surface area contributed by atoms with Crippen LogP contribution in [-0.4, -0.2) is 36.4 Å². The predicted molar refractivity (Wildman–Crippen MR) is 72.9 cm³/mol. The maximum atomic E-state index is 4.45. The summed E-state index contributed by atoms with van der Waals surface area (Å²) >= 11 is 0. The molecule has 1 aliphatic heterocycles. The SMILES string of the molecule is c1cc(N2CCCNCC2)nnc1C1CCCC1. The summed E-state index contributed by atoms with van der Waals surface area (Å²) in [5.41, 5.74) is 1.20. The van der Waals surface area contributed by atoms with Gasteiger partial charge in [-0.1, -0.05) is 12.8 Å². The highest BCUT2D eigenvalue weighted by atomic mass is 15.3. The van der Waals surface area contributed by atoms with Crippen molar-refractivity contribution in [1.82, 2.24) is 15.5 Å². The molecule has 2 heterocycles. The van der Waals surface area contributed by atoms with Crippen LogP contribution in [0.2, 0.25) is 0 Å². The summed E-state index contributed by atoms with van der Waals surface area (Å²) in [4.78, 5) is 2.34. The molecule has 0 spiro atoms. The molecule has 4 nitrogen and oxygen atoms in total. The van der Waals surface area contributed by atoms with Gasteiger partial charge in [-0.3, -0.25) is 0 Å². The molecule has 0 radical (unpaired) electrons. The molecular formula is C14H22N4. The summed E-state index contributed by atoms with van der Waals surface area (Å²) in [5.74, 6) is 1.71. The molecule has 0 atom stereocenters. The largest absolute Gasteiger partial charge is 0.354 e. The van der Waals surface area contributed by atoms with Crippen LogP contribution in [0.4, 0.5) is 5.82 Å². The zero-order chi connectivity index (χ0) is 12.2. The highest BCUT2D eigenvalue weighted by molar-refractivity contribution is 5.38. The standard InChI is InChI=1S/C14H22N4/c1-2-5-12(4-1)13-6-7-14(17-16-13)18-10-3-8-15-9-11-18/h6-7,12,15H,1-5,8-11H2. The molecule has 1 N–H and O–H groups in total. The van der Waals surface area contributed by atoms with Crippen LogP contribution in [-0.2, 0) is 0 Å². The van der Waals surface area contributed by atoms with Crippen molar-refractivity contribution in [2.45, 2.75) is 38.0 Å². The van der Waals surface area contributed by atoms with E-state index in [-0.39, 0.29) is 0 Å². The van der Waals surface area contributed by atoms with E-state index < -0.39 is 0 Å². The van der Waals surface area contributed by atoms with Gasteiger partial charge < -0.3 is 10.2 Å². The van der Waals surface area contributed by atoms with E-state index in [1.165, 1.54) is 37.8 Å². The minimum atomic E-state index is 0.664. The van der Waals surface area contributed by atoms with E-state index in [2.05, 4.69) is 32.5 Å². The molecular weight excluding hydrogens is 224 g/mol. The third-order valence-electron chi connectivity index (χ3n) is 4.11. The smallest absolute Gasteiger partial charge is 0.151 e. The van der Waals surface area contributed by atoms with E-state index in [1.807, 2.05) is 0 Å². The Bertz CT molecular complexity index is 362. The van der Waals surface area contributed by atoms with Gasteiger partial charge in [0.05, 0.1) is 5.69 Å². The quantitative estimate of drug-likeness (QED) is 0.866. The van der Waals surface area contributed by atoms with Crippen LogP contribution in [0.15, 0.2) is 12.1 Å². The normalized spacial score (nSPS) is 22.1. The fourth-order valence-electron chi connectivity index (χ4n) is 3.02. The van der Waals surface area contributed by atoms with Gasteiger partial charge in [-0.05, 0) is 37.9 Å². The van der Waals surface area contributed by atoms with E-state index >= 15 is 0 Å². The lowest BCUT2D eigenvalue weighted by Crippen LogP contribution is -2.28. The Kier molecular flexibility index (Phi) is 3.74. The highest BCUT2D eigenvalue weighted by Gasteiger charge is 2.19. The summed E-state index contributed by atoms with van der Waals surface area (Å²) in [7, 11) is 0. The van der Waals surface area contributed by atoms with Crippen molar-refractivity contribution in [3.8, 4) is 0 Å². The van der Waals surface area contributed by atoms with Crippen LogP contribution >= 0.6 is 0 Å². The first kappa shape index (κ1) is 11.9. The maximum Gasteiger partial charge on any atom is 0.151 e. The number of nitrogens with one attached hydrogen (secondary N) is 1. The van der Waals surface area contributed by atoms with Gasteiger partial charge in [0, 0.05) is 25.6 Å². The van der Waals surface area contributed by atoms with Crippen LogP contribution in [0, 0.1) is 0 Å². The number of hydrogen-bond donors (Lipinski definition) is 1. The van der Waals surface area contributed by atoms with E-state index in [4.69, 9.17) is 0 Å². The second-order valence-electron chi connectivity index (χ2n) is 5.39. The summed E-state index contributed by atoms with van der Waals surface area (Å²) in [6.07, 6.45) is 6.48. The number of hydrogen-bond acceptors (Lipinski definition) is 4. The van der Waals surface area contributed by atoms with Crippen LogP contribution in [0.5, 0.6) is 0 Å². The van der Waals surface area contributed by atoms with Crippen molar-refractivity contribution in [3.05, 3.63) is 17.8 Å². The van der Waals surface area contributed by atoms with Gasteiger partial charge in [0.15, 0.2) is 5.82 Å². The van der Waals surface area contributed by atoms with Gasteiger partial charge in [0.25, 0.3) is 0 Å². The second kappa shape index (κ2) is 5.65. The zero-order valence-corrected chi connectivity index (χ0v) is 10.9. The molecule has 0 bridgehead atoms. The molecule has 1 aromatic heterocycles. The van der Waals surface area contributed by atoms with Crippen LogP contribution in [0.3, 0.4) is 0 Å². The van der Waals surface area contributed by atoms with Gasteiger partial charge in [0.2, 0.25) is 0 Å². The Balaban J connectivity index is 1.69. The van der Waals surface area contributed by atoms with E-state index in [9.17, 15) is 0 Å². The van der Waals surface area contributed by atoms with Gasteiger partial charge in [-0.25, -0.2) is 0 Å². The molecule has 18 heavy (non-hydrogen) atoms. The molecule has 0 unspecified atom stereocenters. The molecule has 3 rings (SSSR count). The number of nitrogens with zero attached hydrogens (tertiary/aromatic N) is 3. The average molecular weight is 246 g/mol. The van der Waals surface area contributed by atoms with Crippen molar-refractivity contribution in [3.63, 3.8) is 0 Å². The number of aromatic nitrogens is 2. The third kappa shape index (κ3) is 2.64. The maximum absolute atomic E-state index is 4.45. The predicted octanol–water partition coefficient (Wildman–Crippen LogP) is 1.93. The Labute approximate surface area is 109 Å². The second-order valence-corrected chi connectivity index (χ2v) is 5.39. The van der Waals surface area contributed by atoms with Gasteiger partial charge in [0.1, 0.15) is 0 Å². The van der Waals surface area contributed by atoms with E-state index in [1.54, 1.807) is 0 Å². The number of rotatable bonds is 2. The molecule has 4 heteroatoms. The summed E-state index contributed by atoms with van der Waals surface area (Å²) in [6.45, 7) is 4.29. The minimum Gasteiger partial charge on any atom is -0.354 e. The first-order valence-electron chi connectivity index (χ1n) is 7.23. The Morgan fingerprint density at radius 2 is 1.89 bits per heavy atom. The lowest BCUT2D eigenvalue weighted by atomic mass is 10.0. The molecule has 1 aromatic rings. The fraction of sp³-hybridized carbons (Fsp3) is 0.714. The molecule has 2 fully saturated rings. The Morgan fingerprint density at radius 3 is 2.67 bits per heavy atom. The molecule has 1 saturated carbocycles. The van der Waals surface area contributed by atoms with Crippen LogP contribution < -0.4 is 10.2 Å². The highest BCUT2D eigenvalue weighted by Crippen LogP contribution is 2.32. The van der Waals surface area contributed by atoms with E-state index in [0.29, 0.717) is 5.92 Å². The zero-order valence-electron chi connectivity index (χ0n) is 10.9. The van der Waals surface area contributed by atoms with Crippen LogP contribution in [0.25, 0.3) is 0 Å². The van der Waals surface area contributed by atoms with Crippen molar-refractivity contribution in [1.29, 1.82) is 0 Å². The first-order chi connectivity index (χ1) is 8.93. The van der Waals surface area contributed by atoms with E-state index in [0.717, 1.165) is 32.0 Å². The van der Waals surface area contributed by atoms with Crippen molar-refractivity contribution in [2.75, 3.05) is 31.1 Å². The van der Waals surface area contributed by atoms with Crippen molar-refractivity contribution >= 4 is 5.82 Å². The van der Waals surface area contributed by atoms with Gasteiger partial charge in [-0.2, -0.15) is 5.10 Å². The molecule has 1 saturated heterocycles. The lowest BCUT2D eigenvalue weighted by Gasteiger charge is -2.20. The minimum absolute atomic E-state index is 0.664.